The molecule has 0 saturated carbocycles. The maximum atomic E-state index is 11.1. The second-order valence-electron chi connectivity index (χ2n) is 5.41. The van der Waals surface area contributed by atoms with Crippen molar-refractivity contribution in [1.82, 2.24) is 4.90 Å². The summed E-state index contributed by atoms with van der Waals surface area (Å²) in [4.78, 5) is 13.6. The molecule has 15 heavy (non-hydrogen) atoms. The third-order valence-electron chi connectivity index (χ3n) is 4.34. The Labute approximate surface area is 91.5 Å². The minimum absolute atomic E-state index is 0.107. The van der Waals surface area contributed by atoms with Crippen molar-refractivity contribution in [3.63, 3.8) is 0 Å². The van der Waals surface area contributed by atoms with Crippen molar-refractivity contribution in [2.45, 2.75) is 58.2 Å². The van der Waals surface area contributed by atoms with Crippen LogP contribution in [0.15, 0.2) is 0 Å². The molecule has 0 radical (unpaired) electrons. The van der Waals surface area contributed by atoms with Gasteiger partial charge in [-0.1, -0.05) is 13.8 Å². The fourth-order valence-corrected chi connectivity index (χ4v) is 3.28. The van der Waals surface area contributed by atoms with Crippen LogP contribution in [0, 0.1) is 11.8 Å². The summed E-state index contributed by atoms with van der Waals surface area (Å²) in [5.41, 5.74) is 0. The number of carboxylic acids is 1. The fourth-order valence-electron chi connectivity index (χ4n) is 3.28. The van der Waals surface area contributed by atoms with Gasteiger partial charge in [0, 0.05) is 18.1 Å². The maximum absolute atomic E-state index is 11.1. The molecule has 2 heterocycles. The van der Waals surface area contributed by atoms with Gasteiger partial charge in [-0.2, -0.15) is 0 Å². The van der Waals surface area contributed by atoms with Crippen LogP contribution in [0.2, 0.25) is 0 Å². The topological polar surface area (TPSA) is 40.5 Å². The van der Waals surface area contributed by atoms with E-state index in [0.29, 0.717) is 24.0 Å². The second kappa shape index (κ2) is 3.78. The van der Waals surface area contributed by atoms with E-state index in [2.05, 4.69) is 25.7 Å². The quantitative estimate of drug-likeness (QED) is 0.776. The van der Waals surface area contributed by atoms with E-state index in [1.807, 2.05) is 0 Å². The van der Waals surface area contributed by atoms with Gasteiger partial charge in [0.1, 0.15) is 0 Å². The Morgan fingerprint density at radius 2 is 2.00 bits per heavy atom. The minimum Gasteiger partial charge on any atom is -0.481 e. The average Bonchev–Trinajstić information content (AvgIpc) is 2.72. The molecule has 0 aromatic heterocycles. The van der Waals surface area contributed by atoms with E-state index in [4.69, 9.17) is 5.11 Å². The first-order valence-corrected chi connectivity index (χ1v) is 6.02. The normalized spacial score (nSPS) is 37.5. The highest BCUT2D eigenvalue weighted by atomic mass is 16.4. The van der Waals surface area contributed by atoms with Crippen LogP contribution < -0.4 is 0 Å². The van der Waals surface area contributed by atoms with Crippen molar-refractivity contribution in [3.05, 3.63) is 0 Å². The predicted molar refractivity (Wildman–Crippen MR) is 58.7 cm³/mol. The van der Waals surface area contributed by atoms with Crippen LogP contribution in [0.25, 0.3) is 0 Å². The average molecular weight is 211 g/mol. The minimum atomic E-state index is -0.594. The molecule has 4 unspecified atom stereocenters. The standard InChI is InChI=1S/C12H21NO2/c1-7(2)8(3)13-9-4-5-11(13)10(6-9)12(14)15/h7-11H,4-6H2,1-3H3,(H,14,15). The van der Waals surface area contributed by atoms with Gasteiger partial charge in [-0.15, -0.1) is 0 Å². The zero-order valence-electron chi connectivity index (χ0n) is 9.81. The van der Waals surface area contributed by atoms with Gasteiger partial charge < -0.3 is 5.11 Å². The Hall–Kier alpha value is -0.570. The highest BCUT2D eigenvalue weighted by Crippen LogP contribution is 2.43. The molecule has 4 atom stereocenters. The zero-order chi connectivity index (χ0) is 11.2. The van der Waals surface area contributed by atoms with E-state index in [0.717, 1.165) is 12.8 Å². The van der Waals surface area contributed by atoms with Gasteiger partial charge in [0.25, 0.3) is 0 Å². The summed E-state index contributed by atoms with van der Waals surface area (Å²) in [6, 6.07) is 1.37. The third kappa shape index (κ3) is 1.67. The SMILES string of the molecule is CC(C)C(C)N1C2CCC1C(C(=O)O)C2. The van der Waals surface area contributed by atoms with Crippen LogP contribution >= 0.6 is 0 Å². The number of hydrogen-bond acceptors (Lipinski definition) is 2. The van der Waals surface area contributed by atoms with Gasteiger partial charge in [-0.05, 0) is 32.1 Å². The lowest BCUT2D eigenvalue weighted by molar-refractivity contribution is -0.142. The Morgan fingerprint density at radius 1 is 1.33 bits per heavy atom. The molecule has 0 amide bonds. The molecule has 86 valence electrons. The Bertz CT molecular complexity index is 264. The second-order valence-corrected chi connectivity index (χ2v) is 5.41. The first kappa shape index (κ1) is 10.9. The predicted octanol–water partition coefficient (Wildman–Crippen LogP) is 1.97. The number of aliphatic carboxylic acids is 1. The van der Waals surface area contributed by atoms with E-state index >= 15 is 0 Å². The number of fused-ring (bicyclic) bond motifs is 2. The van der Waals surface area contributed by atoms with Crippen molar-refractivity contribution in [3.8, 4) is 0 Å². The van der Waals surface area contributed by atoms with Gasteiger partial charge in [-0.25, -0.2) is 0 Å². The number of nitrogens with zero attached hydrogens (tertiary/aromatic N) is 1. The van der Waals surface area contributed by atoms with Gasteiger partial charge in [0.2, 0.25) is 0 Å². The van der Waals surface area contributed by atoms with Crippen LogP contribution in [0.3, 0.4) is 0 Å². The highest BCUT2D eigenvalue weighted by Gasteiger charge is 2.50. The fraction of sp³-hybridized carbons (Fsp3) is 0.917. The molecule has 2 bridgehead atoms. The van der Waals surface area contributed by atoms with Crippen molar-refractivity contribution >= 4 is 5.97 Å². The van der Waals surface area contributed by atoms with E-state index in [1.54, 1.807) is 0 Å². The van der Waals surface area contributed by atoms with E-state index in [1.165, 1.54) is 6.42 Å². The van der Waals surface area contributed by atoms with Crippen molar-refractivity contribution in [1.29, 1.82) is 0 Å². The lowest BCUT2D eigenvalue weighted by Gasteiger charge is -2.32. The summed E-state index contributed by atoms with van der Waals surface area (Å²) >= 11 is 0. The molecule has 1 N–H and O–H groups in total. The lowest BCUT2D eigenvalue weighted by atomic mass is 9.89. The lowest BCUT2D eigenvalue weighted by Crippen LogP contribution is -2.42. The number of carboxylic acid groups (broad SMARTS) is 1. The maximum Gasteiger partial charge on any atom is 0.308 e. The van der Waals surface area contributed by atoms with E-state index < -0.39 is 5.97 Å². The highest BCUT2D eigenvalue weighted by molar-refractivity contribution is 5.71. The summed E-state index contributed by atoms with van der Waals surface area (Å²) in [6.45, 7) is 6.68. The first-order valence-electron chi connectivity index (χ1n) is 6.02. The Kier molecular flexibility index (Phi) is 2.75. The molecular formula is C12H21NO2. The van der Waals surface area contributed by atoms with Crippen LogP contribution in [0.4, 0.5) is 0 Å². The van der Waals surface area contributed by atoms with Crippen LogP contribution in [0.5, 0.6) is 0 Å². The Balaban J connectivity index is 2.13. The summed E-state index contributed by atoms with van der Waals surface area (Å²) in [5, 5.41) is 9.15. The molecule has 0 spiro atoms. The number of hydrogen-bond donors (Lipinski definition) is 1. The molecule has 3 nitrogen and oxygen atoms in total. The molecule has 2 saturated heterocycles. The summed E-state index contributed by atoms with van der Waals surface area (Å²) in [7, 11) is 0. The summed E-state index contributed by atoms with van der Waals surface area (Å²) in [6.07, 6.45) is 3.15. The van der Waals surface area contributed by atoms with Gasteiger partial charge in [0.15, 0.2) is 0 Å². The molecular weight excluding hydrogens is 190 g/mol. The summed E-state index contributed by atoms with van der Waals surface area (Å²) < 4.78 is 0. The molecule has 2 rings (SSSR count). The summed E-state index contributed by atoms with van der Waals surface area (Å²) in [5.74, 6) is -0.0891. The van der Waals surface area contributed by atoms with Crippen molar-refractivity contribution in [2.75, 3.05) is 0 Å². The first-order chi connectivity index (χ1) is 7.02. The molecule has 0 aromatic rings. The van der Waals surface area contributed by atoms with Crippen LogP contribution in [0.1, 0.15) is 40.0 Å². The molecule has 0 aromatic carbocycles. The number of rotatable bonds is 3. The molecule has 3 heteroatoms. The van der Waals surface area contributed by atoms with Crippen molar-refractivity contribution in [2.24, 2.45) is 11.8 Å². The van der Waals surface area contributed by atoms with E-state index in [-0.39, 0.29) is 5.92 Å². The molecule has 2 aliphatic rings. The number of carbonyl (C=O) groups is 1. The largest absolute Gasteiger partial charge is 0.481 e. The molecule has 2 aliphatic heterocycles. The van der Waals surface area contributed by atoms with Crippen molar-refractivity contribution < 1.29 is 9.90 Å². The molecule has 0 aliphatic carbocycles. The molecule has 2 fully saturated rings. The Morgan fingerprint density at radius 3 is 2.47 bits per heavy atom. The van der Waals surface area contributed by atoms with Gasteiger partial charge in [-0.3, -0.25) is 9.69 Å². The monoisotopic (exact) mass is 211 g/mol. The van der Waals surface area contributed by atoms with Gasteiger partial charge >= 0.3 is 5.97 Å². The smallest absolute Gasteiger partial charge is 0.308 e. The zero-order valence-corrected chi connectivity index (χ0v) is 9.81. The van der Waals surface area contributed by atoms with Crippen LogP contribution in [-0.4, -0.2) is 34.1 Å². The van der Waals surface area contributed by atoms with Crippen LogP contribution in [-0.2, 0) is 4.79 Å². The third-order valence-corrected chi connectivity index (χ3v) is 4.34. The van der Waals surface area contributed by atoms with Gasteiger partial charge in [0.05, 0.1) is 5.92 Å². The van der Waals surface area contributed by atoms with E-state index in [9.17, 15) is 4.79 Å².